The smallest absolute Gasteiger partial charge is 0.193 e. The van der Waals surface area contributed by atoms with Gasteiger partial charge in [-0.05, 0) is 56.2 Å². The molecule has 1 heterocycles. The van der Waals surface area contributed by atoms with Crippen molar-refractivity contribution >= 4 is 29.9 Å². The fourth-order valence-electron chi connectivity index (χ4n) is 4.30. The normalized spacial score (nSPS) is 18.2. The molecule has 1 aromatic carbocycles. The molecule has 1 aliphatic carbocycles. The van der Waals surface area contributed by atoms with Crippen LogP contribution < -0.4 is 14.8 Å². The SMILES string of the molecule is CCOc1cc(CNC(=NC)N2CCC(OCC3CCCC3)CC2)ccc1OC.I. The summed E-state index contributed by atoms with van der Waals surface area (Å²) in [5, 5.41) is 3.49. The lowest BCUT2D eigenvalue weighted by Gasteiger charge is -2.34. The van der Waals surface area contributed by atoms with E-state index in [1.165, 1.54) is 25.7 Å². The second-order valence-electron chi connectivity index (χ2n) is 7.99. The third-order valence-corrected chi connectivity index (χ3v) is 5.97. The Morgan fingerprint density at radius 2 is 1.87 bits per heavy atom. The molecule has 1 N–H and O–H groups in total. The van der Waals surface area contributed by atoms with Crippen molar-refractivity contribution < 1.29 is 14.2 Å². The third-order valence-electron chi connectivity index (χ3n) is 5.97. The lowest BCUT2D eigenvalue weighted by molar-refractivity contribution is 0.00101. The lowest BCUT2D eigenvalue weighted by atomic mass is 10.1. The monoisotopic (exact) mass is 531 g/mol. The van der Waals surface area contributed by atoms with Gasteiger partial charge in [-0.1, -0.05) is 18.9 Å². The summed E-state index contributed by atoms with van der Waals surface area (Å²) < 4.78 is 17.3. The van der Waals surface area contributed by atoms with Gasteiger partial charge in [0.1, 0.15) is 0 Å². The quantitative estimate of drug-likeness (QED) is 0.305. The van der Waals surface area contributed by atoms with Gasteiger partial charge in [0.15, 0.2) is 17.5 Å². The van der Waals surface area contributed by atoms with Crippen molar-refractivity contribution in [1.29, 1.82) is 0 Å². The molecule has 0 aromatic heterocycles. The zero-order valence-electron chi connectivity index (χ0n) is 18.7. The summed E-state index contributed by atoms with van der Waals surface area (Å²) in [6.07, 6.45) is 8.02. The van der Waals surface area contributed by atoms with Gasteiger partial charge in [0, 0.05) is 33.3 Å². The minimum Gasteiger partial charge on any atom is -0.493 e. The molecule has 170 valence electrons. The van der Waals surface area contributed by atoms with Crippen molar-refractivity contribution in [2.45, 2.75) is 58.1 Å². The summed E-state index contributed by atoms with van der Waals surface area (Å²) in [6.45, 7) is 6.23. The van der Waals surface area contributed by atoms with Crippen molar-refractivity contribution in [2.75, 3.05) is 40.5 Å². The van der Waals surface area contributed by atoms with Crippen LogP contribution in [0, 0.1) is 5.92 Å². The Morgan fingerprint density at radius 3 is 2.50 bits per heavy atom. The van der Waals surface area contributed by atoms with Crippen LogP contribution in [0.3, 0.4) is 0 Å². The van der Waals surface area contributed by atoms with Crippen LogP contribution in [0.4, 0.5) is 0 Å². The summed E-state index contributed by atoms with van der Waals surface area (Å²) in [6, 6.07) is 6.05. The molecule has 3 rings (SSSR count). The second kappa shape index (κ2) is 13.2. The number of rotatable bonds is 8. The number of nitrogens with one attached hydrogen (secondary N) is 1. The van der Waals surface area contributed by atoms with Gasteiger partial charge in [0.05, 0.1) is 19.8 Å². The molecule has 2 aliphatic rings. The molecule has 0 spiro atoms. The van der Waals surface area contributed by atoms with Crippen LogP contribution in [-0.2, 0) is 11.3 Å². The van der Waals surface area contributed by atoms with E-state index in [4.69, 9.17) is 14.2 Å². The van der Waals surface area contributed by atoms with Crippen molar-refractivity contribution in [1.82, 2.24) is 10.2 Å². The number of halogens is 1. The maximum Gasteiger partial charge on any atom is 0.193 e. The Bertz CT molecular complexity index is 657. The molecule has 1 aromatic rings. The molecular weight excluding hydrogens is 493 g/mol. The largest absolute Gasteiger partial charge is 0.493 e. The first-order chi connectivity index (χ1) is 14.2. The first-order valence-corrected chi connectivity index (χ1v) is 11.1. The zero-order chi connectivity index (χ0) is 20.5. The topological polar surface area (TPSA) is 55.3 Å². The first kappa shape index (κ1) is 25.0. The summed E-state index contributed by atoms with van der Waals surface area (Å²) in [5.74, 6) is 3.30. The average Bonchev–Trinajstić information content (AvgIpc) is 3.28. The van der Waals surface area contributed by atoms with Gasteiger partial charge in [0.25, 0.3) is 0 Å². The highest BCUT2D eigenvalue weighted by atomic mass is 127. The second-order valence-corrected chi connectivity index (χ2v) is 7.99. The van der Waals surface area contributed by atoms with Gasteiger partial charge in [0.2, 0.25) is 0 Å². The Balaban J connectivity index is 0.00000320. The molecule has 0 bridgehead atoms. The van der Waals surface area contributed by atoms with E-state index in [9.17, 15) is 0 Å². The molecule has 1 aliphatic heterocycles. The molecule has 0 unspecified atom stereocenters. The molecule has 6 nitrogen and oxygen atoms in total. The van der Waals surface area contributed by atoms with Crippen molar-refractivity contribution in [3.8, 4) is 11.5 Å². The van der Waals surface area contributed by atoms with Crippen LogP contribution in [0.25, 0.3) is 0 Å². The molecule has 2 fully saturated rings. The highest BCUT2D eigenvalue weighted by molar-refractivity contribution is 14.0. The molecule has 0 atom stereocenters. The van der Waals surface area contributed by atoms with Gasteiger partial charge in [-0.2, -0.15) is 0 Å². The van der Waals surface area contributed by atoms with Gasteiger partial charge in [-0.25, -0.2) is 0 Å². The average molecular weight is 531 g/mol. The van der Waals surface area contributed by atoms with E-state index < -0.39 is 0 Å². The molecule has 0 radical (unpaired) electrons. The third kappa shape index (κ3) is 7.18. The standard InChI is InChI=1S/C23H37N3O3.HI/c1-4-28-22-15-19(9-10-21(22)27-3)16-25-23(24-2)26-13-11-20(12-14-26)29-17-18-7-5-6-8-18;/h9-10,15,18,20H,4-8,11-14,16-17H2,1-3H3,(H,24,25);1H. The first-order valence-electron chi connectivity index (χ1n) is 11.1. The minimum atomic E-state index is 0. The number of ether oxygens (including phenoxy) is 3. The fourth-order valence-corrected chi connectivity index (χ4v) is 4.30. The number of likely N-dealkylation sites (tertiary alicyclic amines) is 1. The van der Waals surface area contributed by atoms with E-state index in [1.807, 2.05) is 26.1 Å². The van der Waals surface area contributed by atoms with Crippen LogP contribution in [0.1, 0.15) is 51.0 Å². The van der Waals surface area contributed by atoms with Crippen LogP contribution in [0.5, 0.6) is 11.5 Å². The zero-order valence-corrected chi connectivity index (χ0v) is 21.0. The van der Waals surface area contributed by atoms with Crippen molar-refractivity contribution in [2.24, 2.45) is 10.9 Å². The number of guanidine groups is 1. The molecule has 7 heteroatoms. The van der Waals surface area contributed by atoms with Crippen molar-refractivity contribution in [3.63, 3.8) is 0 Å². The van der Waals surface area contributed by atoms with Gasteiger partial charge >= 0.3 is 0 Å². The maximum atomic E-state index is 6.20. The Kier molecular flexibility index (Phi) is 11.1. The van der Waals surface area contributed by atoms with Crippen LogP contribution in [-0.4, -0.2) is 57.4 Å². The van der Waals surface area contributed by atoms with E-state index in [2.05, 4.69) is 21.3 Å². The number of nitrogens with zero attached hydrogens (tertiary/aromatic N) is 2. The lowest BCUT2D eigenvalue weighted by Crippen LogP contribution is -2.46. The predicted molar refractivity (Wildman–Crippen MR) is 132 cm³/mol. The van der Waals surface area contributed by atoms with Gasteiger partial charge < -0.3 is 24.4 Å². The van der Waals surface area contributed by atoms with Crippen molar-refractivity contribution in [3.05, 3.63) is 23.8 Å². The fraction of sp³-hybridized carbons (Fsp3) is 0.696. The summed E-state index contributed by atoms with van der Waals surface area (Å²) in [5.41, 5.74) is 1.14. The predicted octanol–water partition coefficient (Wildman–Crippen LogP) is 4.46. The number of hydrogen-bond acceptors (Lipinski definition) is 4. The number of hydrogen-bond donors (Lipinski definition) is 1. The molecule has 30 heavy (non-hydrogen) atoms. The highest BCUT2D eigenvalue weighted by Crippen LogP contribution is 2.28. The highest BCUT2D eigenvalue weighted by Gasteiger charge is 2.24. The van der Waals surface area contributed by atoms with E-state index >= 15 is 0 Å². The number of piperidine rings is 1. The molecule has 1 saturated heterocycles. The number of methoxy groups -OCH3 is 1. The van der Waals surface area contributed by atoms with Crippen LogP contribution >= 0.6 is 24.0 Å². The van der Waals surface area contributed by atoms with E-state index in [-0.39, 0.29) is 24.0 Å². The minimum absolute atomic E-state index is 0. The van der Waals surface area contributed by atoms with E-state index in [0.717, 1.165) is 61.5 Å². The Hall–Kier alpha value is -1.22. The van der Waals surface area contributed by atoms with Gasteiger partial charge in [-0.3, -0.25) is 4.99 Å². The summed E-state index contributed by atoms with van der Waals surface area (Å²) >= 11 is 0. The van der Waals surface area contributed by atoms with Crippen LogP contribution in [0.2, 0.25) is 0 Å². The van der Waals surface area contributed by atoms with E-state index in [0.29, 0.717) is 19.3 Å². The summed E-state index contributed by atoms with van der Waals surface area (Å²) in [7, 11) is 3.52. The summed E-state index contributed by atoms with van der Waals surface area (Å²) in [4.78, 5) is 6.82. The van der Waals surface area contributed by atoms with Crippen LogP contribution in [0.15, 0.2) is 23.2 Å². The Labute approximate surface area is 198 Å². The number of aliphatic imine (C=N–C) groups is 1. The van der Waals surface area contributed by atoms with Gasteiger partial charge in [-0.15, -0.1) is 24.0 Å². The molecular formula is C23H38IN3O3. The maximum absolute atomic E-state index is 6.20. The Morgan fingerprint density at radius 1 is 1.13 bits per heavy atom. The number of benzene rings is 1. The van der Waals surface area contributed by atoms with E-state index in [1.54, 1.807) is 7.11 Å². The molecule has 1 saturated carbocycles. The molecule has 0 amide bonds.